The highest BCUT2D eigenvalue weighted by Gasteiger charge is 2.13. The number of hydrogen-bond acceptors (Lipinski definition) is 3. The quantitative estimate of drug-likeness (QED) is 0.798. The second kappa shape index (κ2) is 8.15. The van der Waals surface area contributed by atoms with Crippen molar-refractivity contribution in [3.8, 4) is 5.75 Å². The monoisotopic (exact) mass is 326 g/mol. The number of aryl methyl sites for hydroxylation is 2. The Kier molecular flexibility index (Phi) is 5.95. The first-order chi connectivity index (χ1) is 11.5. The zero-order valence-corrected chi connectivity index (χ0v) is 14.2. The predicted octanol–water partition coefficient (Wildman–Crippen LogP) is 3.53. The maximum atomic E-state index is 12.1. The average Bonchev–Trinajstić information content (AvgIpc) is 2.57. The van der Waals surface area contributed by atoms with E-state index in [-0.39, 0.29) is 18.2 Å². The molecular formula is C19H22N2O3. The van der Waals surface area contributed by atoms with Crippen molar-refractivity contribution in [2.75, 3.05) is 17.7 Å². The number of carbonyl (C=O) groups is 2. The molecule has 5 heteroatoms. The van der Waals surface area contributed by atoms with Crippen LogP contribution in [0.25, 0.3) is 0 Å². The minimum Gasteiger partial charge on any atom is -0.497 e. The Morgan fingerprint density at radius 2 is 1.67 bits per heavy atom. The molecular weight excluding hydrogens is 304 g/mol. The lowest BCUT2D eigenvalue weighted by Gasteiger charge is -2.13. The number of carbonyl (C=O) groups excluding carboxylic acids is 2. The Morgan fingerprint density at radius 3 is 2.29 bits per heavy atom. The van der Waals surface area contributed by atoms with Crippen molar-refractivity contribution in [2.45, 2.75) is 26.7 Å². The maximum absolute atomic E-state index is 12.1. The number of ether oxygens (including phenoxy) is 1. The van der Waals surface area contributed by atoms with Crippen LogP contribution < -0.4 is 15.4 Å². The molecule has 126 valence electrons. The van der Waals surface area contributed by atoms with Gasteiger partial charge in [0.2, 0.25) is 11.8 Å². The van der Waals surface area contributed by atoms with Crippen LogP contribution in [0.5, 0.6) is 5.75 Å². The molecule has 2 N–H and O–H groups in total. The highest BCUT2D eigenvalue weighted by atomic mass is 16.5. The third-order valence-electron chi connectivity index (χ3n) is 3.70. The van der Waals surface area contributed by atoms with Gasteiger partial charge in [0, 0.05) is 11.4 Å². The first kappa shape index (κ1) is 17.5. The number of nitrogens with one attached hydrogen (secondary N) is 2. The van der Waals surface area contributed by atoms with Crippen LogP contribution in [0.2, 0.25) is 0 Å². The number of amides is 2. The van der Waals surface area contributed by atoms with Crippen molar-refractivity contribution in [1.82, 2.24) is 0 Å². The van der Waals surface area contributed by atoms with E-state index in [2.05, 4.69) is 10.6 Å². The van der Waals surface area contributed by atoms with Crippen LogP contribution in [0, 0.1) is 6.92 Å². The van der Waals surface area contributed by atoms with Gasteiger partial charge in [-0.05, 0) is 48.7 Å². The van der Waals surface area contributed by atoms with E-state index in [1.165, 1.54) is 0 Å². The number of methoxy groups -OCH3 is 1. The van der Waals surface area contributed by atoms with E-state index in [1.807, 2.05) is 32.0 Å². The topological polar surface area (TPSA) is 67.4 Å². The van der Waals surface area contributed by atoms with Crippen molar-refractivity contribution in [3.05, 3.63) is 53.6 Å². The minimum atomic E-state index is -0.357. The van der Waals surface area contributed by atoms with Gasteiger partial charge in [0.15, 0.2) is 0 Å². The molecule has 0 saturated carbocycles. The second-order valence-corrected chi connectivity index (χ2v) is 5.46. The van der Waals surface area contributed by atoms with Crippen LogP contribution in [0.15, 0.2) is 42.5 Å². The zero-order chi connectivity index (χ0) is 17.5. The number of rotatable bonds is 6. The first-order valence-corrected chi connectivity index (χ1v) is 7.85. The third-order valence-corrected chi connectivity index (χ3v) is 3.70. The summed E-state index contributed by atoms with van der Waals surface area (Å²) >= 11 is 0. The third kappa shape index (κ3) is 4.59. The Labute approximate surface area is 142 Å². The predicted molar refractivity (Wildman–Crippen MR) is 95.4 cm³/mol. The molecule has 0 aliphatic carbocycles. The van der Waals surface area contributed by atoms with Crippen LogP contribution >= 0.6 is 0 Å². The summed E-state index contributed by atoms with van der Waals surface area (Å²) in [5.74, 6) is 0.0201. The first-order valence-electron chi connectivity index (χ1n) is 7.85. The van der Waals surface area contributed by atoms with Gasteiger partial charge in [-0.25, -0.2) is 0 Å². The molecule has 0 fully saturated rings. The van der Waals surface area contributed by atoms with E-state index < -0.39 is 0 Å². The van der Waals surface area contributed by atoms with Crippen LogP contribution in [-0.2, 0) is 16.0 Å². The number of benzene rings is 2. The molecule has 0 aliphatic heterocycles. The fourth-order valence-corrected chi connectivity index (χ4v) is 2.41. The summed E-state index contributed by atoms with van der Waals surface area (Å²) in [6, 6.07) is 12.8. The van der Waals surface area contributed by atoms with E-state index in [0.717, 1.165) is 23.2 Å². The molecule has 0 aliphatic rings. The molecule has 2 amide bonds. The van der Waals surface area contributed by atoms with Crippen molar-refractivity contribution in [2.24, 2.45) is 0 Å². The van der Waals surface area contributed by atoms with Crippen molar-refractivity contribution < 1.29 is 14.3 Å². The molecule has 2 rings (SSSR count). The summed E-state index contributed by atoms with van der Waals surface area (Å²) in [4.78, 5) is 24.1. The van der Waals surface area contributed by atoms with Gasteiger partial charge < -0.3 is 15.4 Å². The van der Waals surface area contributed by atoms with E-state index in [1.54, 1.807) is 31.4 Å². The van der Waals surface area contributed by atoms with E-state index in [4.69, 9.17) is 4.74 Å². The van der Waals surface area contributed by atoms with Gasteiger partial charge in [-0.15, -0.1) is 0 Å². The second-order valence-electron chi connectivity index (χ2n) is 5.46. The summed E-state index contributed by atoms with van der Waals surface area (Å²) in [5, 5.41) is 5.54. The SMILES string of the molecule is CCc1cccc(C)c1NC(=O)CC(=O)Nc1ccc(OC)cc1. The van der Waals surface area contributed by atoms with E-state index in [9.17, 15) is 9.59 Å². The number of anilines is 2. The molecule has 0 atom stereocenters. The Morgan fingerprint density at radius 1 is 1.00 bits per heavy atom. The van der Waals surface area contributed by atoms with Gasteiger partial charge in [-0.1, -0.05) is 25.1 Å². The van der Waals surface area contributed by atoms with Crippen LogP contribution in [0.3, 0.4) is 0 Å². The molecule has 0 saturated heterocycles. The molecule has 0 unspecified atom stereocenters. The molecule has 0 aromatic heterocycles. The molecule has 0 radical (unpaired) electrons. The lowest BCUT2D eigenvalue weighted by Crippen LogP contribution is -2.22. The van der Waals surface area contributed by atoms with Crippen molar-refractivity contribution in [1.29, 1.82) is 0 Å². The number of para-hydroxylation sites is 1. The number of hydrogen-bond donors (Lipinski definition) is 2. The summed E-state index contributed by atoms with van der Waals surface area (Å²) < 4.78 is 5.06. The normalized spacial score (nSPS) is 10.1. The van der Waals surface area contributed by atoms with Crippen molar-refractivity contribution in [3.63, 3.8) is 0 Å². The van der Waals surface area contributed by atoms with Crippen LogP contribution in [0.1, 0.15) is 24.5 Å². The molecule has 24 heavy (non-hydrogen) atoms. The van der Waals surface area contributed by atoms with Crippen LogP contribution in [0.4, 0.5) is 11.4 Å². The highest BCUT2D eigenvalue weighted by Crippen LogP contribution is 2.21. The fraction of sp³-hybridized carbons (Fsp3) is 0.263. The standard InChI is InChI=1S/C19H22N2O3/c1-4-14-7-5-6-13(2)19(14)21-18(23)12-17(22)20-15-8-10-16(24-3)11-9-15/h5-11H,4,12H2,1-3H3,(H,20,22)(H,21,23). The van der Waals surface area contributed by atoms with Gasteiger partial charge in [-0.3, -0.25) is 9.59 Å². The average molecular weight is 326 g/mol. The summed E-state index contributed by atoms with van der Waals surface area (Å²) in [6.45, 7) is 3.97. The Balaban J connectivity index is 1.95. The minimum absolute atomic E-state index is 0.233. The Hall–Kier alpha value is -2.82. The lowest BCUT2D eigenvalue weighted by atomic mass is 10.1. The molecule has 0 heterocycles. The Bertz CT molecular complexity index is 724. The maximum Gasteiger partial charge on any atom is 0.233 e. The smallest absolute Gasteiger partial charge is 0.233 e. The molecule has 2 aromatic rings. The summed E-state index contributed by atoms with van der Waals surface area (Å²) in [7, 11) is 1.58. The van der Waals surface area contributed by atoms with Gasteiger partial charge in [-0.2, -0.15) is 0 Å². The van der Waals surface area contributed by atoms with Gasteiger partial charge in [0.1, 0.15) is 12.2 Å². The van der Waals surface area contributed by atoms with E-state index >= 15 is 0 Å². The summed E-state index contributed by atoms with van der Waals surface area (Å²) in [5.41, 5.74) is 3.46. The zero-order valence-electron chi connectivity index (χ0n) is 14.2. The molecule has 0 spiro atoms. The largest absolute Gasteiger partial charge is 0.497 e. The highest BCUT2D eigenvalue weighted by molar-refractivity contribution is 6.08. The summed E-state index contributed by atoms with van der Waals surface area (Å²) in [6.07, 6.45) is 0.582. The lowest BCUT2D eigenvalue weighted by molar-refractivity contribution is -0.123. The van der Waals surface area contributed by atoms with Crippen LogP contribution in [-0.4, -0.2) is 18.9 Å². The van der Waals surface area contributed by atoms with Gasteiger partial charge in [0.25, 0.3) is 0 Å². The molecule has 5 nitrogen and oxygen atoms in total. The molecule has 2 aromatic carbocycles. The van der Waals surface area contributed by atoms with E-state index in [0.29, 0.717) is 11.4 Å². The van der Waals surface area contributed by atoms with Crippen molar-refractivity contribution >= 4 is 23.2 Å². The van der Waals surface area contributed by atoms with Gasteiger partial charge >= 0.3 is 0 Å². The van der Waals surface area contributed by atoms with Gasteiger partial charge in [0.05, 0.1) is 7.11 Å². The fourth-order valence-electron chi connectivity index (χ4n) is 2.41. The molecule has 0 bridgehead atoms.